The molecule has 0 saturated carbocycles. The summed E-state index contributed by atoms with van der Waals surface area (Å²) in [7, 11) is 1.61. The first-order chi connectivity index (χ1) is 12.1. The van der Waals surface area contributed by atoms with Crippen LogP contribution in [0.3, 0.4) is 0 Å². The molecule has 0 saturated heterocycles. The van der Waals surface area contributed by atoms with Crippen LogP contribution in [0.4, 0.5) is 0 Å². The van der Waals surface area contributed by atoms with Crippen molar-refractivity contribution >= 4 is 17.6 Å². The molecule has 1 aliphatic heterocycles. The lowest BCUT2D eigenvalue weighted by Gasteiger charge is -2.38. The number of carbonyl (C=O) groups excluding carboxylic acids is 3. The van der Waals surface area contributed by atoms with E-state index in [4.69, 9.17) is 5.73 Å². The van der Waals surface area contributed by atoms with Gasteiger partial charge in [-0.15, -0.1) is 0 Å². The molecule has 0 unspecified atom stereocenters. The van der Waals surface area contributed by atoms with Crippen LogP contribution < -0.4 is 11.1 Å². The van der Waals surface area contributed by atoms with Crippen LogP contribution in [0.2, 0.25) is 0 Å². The van der Waals surface area contributed by atoms with Gasteiger partial charge >= 0.3 is 0 Å². The molecular formula is C19H29N3O4. The molecule has 4 N–H and O–H groups in total. The average molecular weight is 363 g/mol. The van der Waals surface area contributed by atoms with Gasteiger partial charge in [-0.1, -0.05) is 26.0 Å². The van der Waals surface area contributed by atoms with E-state index in [0.717, 1.165) is 5.57 Å². The first-order valence-corrected chi connectivity index (χ1v) is 9.07. The third-order valence-corrected chi connectivity index (χ3v) is 5.10. The Balaban J connectivity index is 2.65. The third-order valence-electron chi connectivity index (χ3n) is 5.10. The minimum absolute atomic E-state index is 0.351. The number of likely N-dealkylation sites (N-methyl/N-ethyl adjacent to an activating group) is 1. The summed E-state index contributed by atoms with van der Waals surface area (Å²) in [5, 5.41) is 12.8. The standard InChI is InChI=1S/C19H29N3O4/c1-11(2)15(23)17(25)21-19(16(24)12(3)20)14-8-6-5-7-13(14)9-10-22(4)18(19)26/h5,7,11-12,15,23H,6,8-10,20H2,1-4H3,(H,21,25)/t12-,15-,19-/m0/s1. The molecule has 2 aliphatic rings. The van der Waals surface area contributed by atoms with E-state index in [1.165, 1.54) is 11.8 Å². The van der Waals surface area contributed by atoms with Gasteiger partial charge in [0, 0.05) is 13.6 Å². The third kappa shape index (κ3) is 3.46. The zero-order valence-corrected chi connectivity index (χ0v) is 15.9. The van der Waals surface area contributed by atoms with Crippen molar-refractivity contribution in [3.05, 3.63) is 23.3 Å². The SMILES string of the molecule is CC(C)[C@H](O)C(=O)N[C@@]1(C(=O)[C@H](C)N)C(=O)N(C)CCC2=C1CCC=C2. The van der Waals surface area contributed by atoms with Gasteiger partial charge in [-0.3, -0.25) is 14.4 Å². The number of allylic oxidation sites excluding steroid dienone is 2. The molecule has 0 aromatic heterocycles. The number of nitrogens with zero attached hydrogens (tertiary/aromatic N) is 1. The van der Waals surface area contributed by atoms with Crippen molar-refractivity contribution in [3.63, 3.8) is 0 Å². The first kappa shape index (κ1) is 20.3. The normalized spacial score (nSPS) is 25.7. The number of carbonyl (C=O) groups is 3. The second-order valence-electron chi connectivity index (χ2n) is 7.50. The average Bonchev–Trinajstić information content (AvgIpc) is 2.71. The van der Waals surface area contributed by atoms with Gasteiger partial charge in [-0.2, -0.15) is 0 Å². The molecule has 0 radical (unpaired) electrons. The number of amides is 2. The number of hydrogen-bond acceptors (Lipinski definition) is 5. The minimum Gasteiger partial charge on any atom is -0.383 e. The Kier molecular flexibility index (Phi) is 6.03. The largest absolute Gasteiger partial charge is 0.383 e. The van der Waals surface area contributed by atoms with Crippen molar-refractivity contribution in [2.45, 2.75) is 57.7 Å². The molecule has 2 amide bonds. The van der Waals surface area contributed by atoms with Gasteiger partial charge in [-0.25, -0.2) is 0 Å². The van der Waals surface area contributed by atoms with Gasteiger partial charge in [0.15, 0.2) is 5.78 Å². The molecule has 1 heterocycles. The van der Waals surface area contributed by atoms with Crippen LogP contribution in [0.5, 0.6) is 0 Å². The van der Waals surface area contributed by atoms with E-state index in [1.807, 2.05) is 12.2 Å². The lowest BCUT2D eigenvalue weighted by atomic mass is 9.75. The van der Waals surface area contributed by atoms with Crippen molar-refractivity contribution in [2.75, 3.05) is 13.6 Å². The van der Waals surface area contributed by atoms with Crippen LogP contribution in [0.25, 0.3) is 0 Å². The fraction of sp³-hybridized carbons (Fsp3) is 0.632. The lowest BCUT2D eigenvalue weighted by molar-refractivity contribution is -0.148. The van der Waals surface area contributed by atoms with Crippen molar-refractivity contribution in [3.8, 4) is 0 Å². The lowest BCUT2D eigenvalue weighted by Crippen LogP contribution is -2.68. The van der Waals surface area contributed by atoms with Crippen LogP contribution in [0.1, 0.15) is 40.0 Å². The van der Waals surface area contributed by atoms with Gasteiger partial charge in [-0.05, 0) is 43.3 Å². The second kappa shape index (κ2) is 7.72. The Hall–Kier alpha value is -1.99. The van der Waals surface area contributed by atoms with E-state index in [0.29, 0.717) is 31.4 Å². The van der Waals surface area contributed by atoms with Crippen LogP contribution in [-0.2, 0) is 14.4 Å². The van der Waals surface area contributed by atoms with Gasteiger partial charge in [0.2, 0.25) is 5.54 Å². The van der Waals surface area contributed by atoms with E-state index < -0.39 is 35.3 Å². The van der Waals surface area contributed by atoms with Gasteiger partial charge in [0.05, 0.1) is 6.04 Å². The second-order valence-corrected chi connectivity index (χ2v) is 7.50. The zero-order valence-electron chi connectivity index (χ0n) is 15.9. The molecule has 0 bridgehead atoms. The Morgan fingerprint density at radius 1 is 1.31 bits per heavy atom. The van der Waals surface area contributed by atoms with E-state index >= 15 is 0 Å². The molecule has 2 rings (SSSR count). The number of hydrogen-bond donors (Lipinski definition) is 3. The first-order valence-electron chi connectivity index (χ1n) is 9.07. The van der Waals surface area contributed by atoms with Crippen molar-refractivity contribution < 1.29 is 19.5 Å². The summed E-state index contributed by atoms with van der Waals surface area (Å²) in [6, 6.07) is -0.943. The van der Waals surface area contributed by atoms with Crippen molar-refractivity contribution in [1.29, 1.82) is 0 Å². The van der Waals surface area contributed by atoms with Crippen molar-refractivity contribution in [1.82, 2.24) is 10.2 Å². The summed E-state index contributed by atoms with van der Waals surface area (Å²) < 4.78 is 0. The maximum Gasteiger partial charge on any atom is 0.260 e. The summed E-state index contributed by atoms with van der Waals surface area (Å²) in [5.41, 5.74) is 5.49. The Morgan fingerprint density at radius 3 is 2.54 bits per heavy atom. The summed E-state index contributed by atoms with van der Waals surface area (Å²) in [6.45, 7) is 5.34. The van der Waals surface area contributed by atoms with Gasteiger partial charge < -0.3 is 21.1 Å². The van der Waals surface area contributed by atoms with E-state index in [9.17, 15) is 19.5 Å². The van der Waals surface area contributed by atoms with Gasteiger partial charge in [0.1, 0.15) is 6.10 Å². The molecule has 144 valence electrons. The number of aliphatic hydroxyl groups is 1. The minimum atomic E-state index is -1.85. The summed E-state index contributed by atoms with van der Waals surface area (Å²) in [4.78, 5) is 40.6. The number of ketones is 1. The maximum absolute atomic E-state index is 13.3. The molecule has 3 atom stereocenters. The Bertz CT molecular complexity index is 666. The molecular weight excluding hydrogens is 334 g/mol. The predicted octanol–water partition coefficient (Wildman–Crippen LogP) is 0.283. The highest BCUT2D eigenvalue weighted by molar-refractivity contribution is 6.18. The molecule has 0 spiro atoms. The topological polar surface area (TPSA) is 113 Å². The highest BCUT2D eigenvalue weighted by Crippen LogP contribution is 2.36. The van der Waals surface area contributed by atoms with E-state index in [1.54, 1.807) is 20.9 Å². The smallest absolute Gasteiger partial charge is 0.260 e. The van der Waals surface area contributed by atoms with Crippen LogP contribution in [-0.4, -0.2) is 58.9 Å². The summed E-state index contributed by atoms with van der Waals surface area (Å²) in [5.74, 6) is -2.14. The summed E-state index contributed by atoms with van der Waals surface area (Å²) >= 11 is 0. The zero-order chi connectivity index (χ0) is 19.6. The van der Waals surface area contributed by atoms with Gasteiger partial charge in [0.25, 0.3) is 11.8 Å². The number of rotatable bonds is 5. The molecule has 1 aliphatic carbocycles. The summed E-state index contributed by atoms with van der Waals surface area (Å²) in [6.07, 6.45) is 4.36. The van der Waals surface area contributed by atoms with E-state index in [2.05, 4.69) is 5.32 Å². The monoisotopic (exact) mass is 363 g/mol. The highest BCUT2D eigenvalue weighted by Gasteiger charge is 2.54. The number of nitrogens with one attached hydrogen (secondary N) is 1. The Morgan fingerprint density at radius 2 is 1.96 bits per heavy atom. The molecule has 0 fully saturated rings. The Labute approximate surface area is 154 Å². The maximum atomic E-state index is 13.3. The van der Waals surface area contributed by atoms with Crippen molar-refractivity contribution in [2.24, 2.45) is 11.7 Å². The fourth-order valence-corrected chi connectivity index (χ4v) is 3.53. The van der Waals surface area contributed by atoms with Crippen LogP contribution in [0, 0.1) is 5.92 Å². The molecule has 26 heavy (non-hydrogen) atoms. The highest BCUT2D eigenvalue weighted by atomic mass is 16.3. The quantitative estimate of drug-likeness (QED) is 0.608. The molecule has 0 aromatic rings. The van der Waals surface area contributed by atoms with E-state index in [-0.39, 0.29) is 5.92 Å². The number of aliphatic hydroxyl groups excluding tert-OH is 1. The predicted molar refractivity (Wildman–Crippen MR) is 98.0 cm³/mol. The molecule has 7 heteroatoms. The number of Topliss-reactive ketones (excluding diaryl/α,β-unsaturated/α-hetero) is 1. The number of nitrogens with two attached hydrogens (primary N) is 1. The van der Waals surface area contributed by atoms with Crippen LogP contribution in [0.15, 0.2) is 23.3 Å². The molecule has 0 aromatic carbocycles. The van der Waals surface area contributed by atoms with Crippen LogP contribution >= 0.6 is 0 Å². The fourth-order valence-electron chi connectivity index (χ4n) is 3.53. The molecule has 7 nitrogen and oxygen atoms in total.